The number of nitrogens with zero attached hydrogens (tertiary/aromatic N) is 2. The Morgan fingerprint density at radius 2 is 2.17 bits per heavy atom. The maximum absolute atomic E-state index is 11.9. The van der Waals surface area contributed by atoms with E-state index in [0.29, 0.717) is 12.2 Å². The van der Waals surface area contributed by atoms with Crippen molar-refractivity contribution in [2.45, 2.75) is 39.2 Å². The number of carbonyl (C=O) groups is 1. The van der Waals surface area contributed by atoms with Crippen molar-refractivity contribution in [1.29, 1.82) is 0 Å². The monoisotopic (exact) mass is 252 g/mol. The third kappa shape index (κ3) is 3.84. The molecular weight excluding hydrogens is 228 g/mol. The molecule has 1 aromatic rings. The van der Waals surface area contributed by atoms with E-state index < -0.39 is 0 Å². The van der Waals surface area contributed by atoms with E-state index in [-0.39, 0.29) is 11.4 Å². The Labute approximate surface area is 109 Å². The number of aromatic amines is 1. The molecule has 1 amide bonds. The van der Waals surface area contributed by atoms with Crippen LogP contribution in [0.2, 0.25) is 0 Å². The van der Waals surface area contributed by atoms with Gasteiger partial charge in [0.2, 0.25) is 0 Å². The first-order valence-electron chi connectivity index (χ1n) is 6.36. The van der Waals surface area contributed by atoms with Crippen LogP contribution in [0.25, 0.3) is 0 Å². The molecule has 0 saturated heterocycles. The standard InChI is InChI=1S/C13H24N4O/c1-6-7-10-8-11(16-15-10)12(18)14-9-13(2,3)17(4)5/h8H,6-7,9H2,1-5H3,(H,14,18)(H,15,16). The minimum Gasteiger partial charge on any atom is -0.349 e. The normalized spacial score (nSPS) is 11.9. The smallest absolute Gasteiger partial charge is 0.271 e. The van der Waals surface area contributed by atoms with Gasteiger partial charge in [0.05, 0.1) is 0 Å². The first-order chi connectivity index (χ1) is 8.36. The first-order valence-corrected chi connectivity index (χ1v) is 6.36. The van der Waals surface area contributed by atoms with Crippen LogP contribution in [0.3, 0.4) is 0 Å². The Morgan fingerprint density at radius 3 is 2.72 bits per heavy atom. The van der Waals surface area contributed by atoms with Crippen LogP contribution in [0.15, 0.2) is 6.07 Å². The van der Waals surface area contributed by atoms with Crippen LogP contribution in [-0.4, -0.2) is 47.2 Å². The van der Waals surface area contributed by atoms with Gasteiger partial charge in [0.25, 0.3) is 5.91 Å². The minimum absolute atomic E-state index is 0.0712. The molecule has 0 atom stereocenters. The molecule has 0 aliphatic carbocycles. The van der Waals surface area contributed by atoms with E-state index in [0.717, 1.165) is 18.5 Å². The Morgan fingerprint density at radius 1 is 1.50 bits per heavy atom. The zero-order chi connectivity index (χ0) is 13.8. The van der Waals surface area contributed by atoms with Gasteiger partial charge in [-0.2, -0.15) is 5.10 Å². The molecule has 18 heavy (non-hydrogen) atoms. The summed E-state index contributed by atoms with van der Waals surface area (Å²) < 4.78 is 0. The quantitative estimate of drug-likeness (QED) is 0.805. The zero-order valence-electron chi connectivity index (χ0n) is 12.0. The van der Waals surface area contributed by atoms with Crippen LogP contribution >= 0.6 is 0 Å². The fourth-order valence-corrected chi connectivity index (χ4v) is 1.42. The molecular formula is C13H24N4O. The van der Waals surface area contributed by atoms with E-state index in [1.54, 1.807) is 0 Å². The molecule has 0 bridgehead atoms. The van der Waals surface area contributed by atoms with E-state index in [2.05, 4.69) is 41.2 Å². The lowest BCUT2D eigenvalue weighted by molar-refractivity contribution is 0.0914. The second-order valence-electron chi connectivity index (χ2n) is 5.42. The summed E-state index contributed by atoms with van der Waals surface area (Å²) in [5.74, 6) is -0.122. The predicted octanol–water partition coefficient (Wildman–Crippen LogP) is 1.43. The molecule has 0 fully saturated rings. The topological polar surface area (TPSA) is 61.0 Å². The molecule has 1 aromatic heterocycles. The van der Waals surface area contributed by atoms with Crippen LogP contribution in [0.1, 0.15) is 43.4 Å². The van der Waals surface area contributed by atoms with Crippen LogP contribution in [0.5, 0.6) is 0 Å². The van der Waals surface area contributed by atoms with E-state index in [4.69, 9.17) is 0 Å². The van der Waals surface area contributed by atoms with E-state index in [1.807, 2.05) is 20.2 Å². The fourth-order valence-electron chi connectivity index (χ4n) is 1.42. The first kappa shape index (κ1) is 14.7. The SMILES string of the molecule is CCCc1cc(C(=O)NCC(C)(C)N(C)C)n[nH]1. The lowest BCUT2D eigenvalue weighted by Gasteiger charge is -2.32. The second kappa shape index (κ2) is 6.00. The molecule has 0 aromatic carbocycles. The lowest BCUT2D eigenvalue weighted by atomic mass is 10.0. The average Bonchev–Trinajstić information content (AvgIpc) is 2.75. The van der Waals surface area contributed by atoms with Crippen molar-refractivity contribution < 1.29 is 4.79 Å². The summed E-state index contributed by atoms with van der Waals surface area (Å²) in [6, 6.07) is 1.82. The van der Waals surface area contributed by atoms with Crippen molar-refractivity contribution in [2.75, 3.05) is 20.6 Å². The Kier molecular flexibility index (Phi) is 4.90. The van der Waals surface area contributed by atoms with Gasteiger partial charge in [-0.25, -0.2) is 0 Å². The Hall–Kier alpha value is -1.36. The fraction of sp³-hybridized carbons (Fsp3) is 0.692. The van der Waals surface area contributed by atoms with Gasteiger partial charge < -0.3 is 10.2 Å². The summed E-state index contributed by atoms with van der Waals surface area (Å²) in [5, 5.41) is 9.83. The molecule has 102 valence electrons. The number of likely N-dealkylation sites (N-methyl/N-ethyl adjacent to an activating group) is 1. The molecule has 5 nitrogen and oxygen atoms in total. The summed E-state index contributed by atoms with van der Waals surface area (Å²) in [7, 11) is 4.00. The third-order valence-electron chi connectivity index (χ3n) is 3.28. The van der Waals surface area contributed by atoms with Gasteiger partial charge in [0.15, 0.2) is 0 Å². The molecule has 5 heteroatoms. The van der Waals surface area contributed by atoms with Gasteiger partial charge in [-0.05, 0) is 40.4 Å². The van der Waals surface area contributed by atoms with Gasteiger partial charge in [0.1, 0.15) is 5.69 Å². The summed E-state index contributed by atoms with van der Waals surface area (Å²) in [6.07, 6.45) is 1.96. The summed E-state index contributed by atoms with van der Waals surface area (Å²) in [5.41, 5.74) is 1.40. The highest BCUT2D eigenvalue weighted by atomic mass is 16.1. The van der Waals surface area contributed by atoms with Crippen molar-refractivity contribution >= 4 is 5.91 Å². The van der Waals surface area contributed by atoms with Gasteiger partial charge >= 0.3 is 0 Å². The lowest BCUT2D eigenvalue weighted by Crippen LogP contribution is -2.48. The maximum atomic E-state index is 11.9. The highest BCUT2D eigenvalue weighted by molar-refractivity contribution is 5.92. The number of H-pyrrole nitrogens is 1. The highest BCUT2D eigenvalue weighted by Crippen LogP contribution is 2.08. The highest BCUT2D eigenvalue weighted by Gasteiger charge is 2.22. The van der Waals surface area contributed by atoms with Gasteiger partial charge in [-0.1, -0.05) is 13.3 Å². The number of amides is 1. The number of aryl methyl sites for hydroxylation is 1. The molecule has 0 spiro atoms. The Balaban J connectivity index is 2.55. The van der Waals surface area contributed by atoms with E-state index in [1.165, 1.54) is 0 Å². The number of aromatic nitrogens is 2. The largest absolute Gasteiger partial charge is 0.349 e. The van der Waals surface area contributed by atoms with Crippen LogP contribution < -0.4 is 5.32 Å². The molecule has 0 aliphatic heterocycles. The molecule has 1 heterocycles. The van der Waals surface area contributed by atoms with Gasteiger partial charge in [-0.15, -0.1) is 0 Å². The average molecular weight is 252 g/mol. The minimum atomic E-state index is -0.122. The van der Waals surface area contributed by atoms with E-state index >= 15 is 0 Å². The van der Waals surface area contributed by atoms with Crippen molar-refractivity contribution in [2.24, 2.45) is 0 Å². The number of hydrogen-bond acceptors (Lipinski definition) is 3. The van der Waals surface area contributed by atoms with Crippen molar-refractivity contribution in [3.63, 3.8) is 0 Å². The molecule has 0 radical (unpaired) electrons. The van der Waals surface area contributed by atoms with Crippen LogP contribution in [-0.2, 0) is 6.42 Å². The maximum Gasteiger partial charge on any atom is 0.271 e. The number of hydrogen-bond donors (Lipinski definition) is 2. The van der Waals surface area contributed by atoms with Crippen LogP contribution in [0.4, 0.5) is 0 Å². The number of nitrogens with one attached hydrogen (secondary N) is 2. The van der Waals surface area contributed by atoms with E-state index in [9.17, 15) is 4.79 Å². The summed E-state index contributed by atoms with van der Waals surface area (Å²) in [4.78, 5) is 14.0. The summed E-state index contributed by atoms with van der Waals surface area (Å²) >= 11 is 0. The number of rotatable bonds is 6. The number of carbonyl (C=O) groups excluding carboxylic acids is 1. The van der Waals surface area contributed by atoms with Gasteiger partial charge in [0, 0.05) is 17.8 Å². The Bertz CT molecular complexity index is 395. The molecule has 1 rings (SSSR count). The molecule has 0 aliphatic rings. The molecule has 0 unspecified atom stereocenters. The predicted molar refractivity (Wildman–Crippen MR) is 72.7 cm³/mol. The van der Waals surface area contributed by atoms with Crippen molar-refractivity contribution in [3.8, 4) is 0 Å². The molecule has 2 N–H and O–H groups in total. The van der Waals surface area contributed by atoms with Gasteiger partial charge in [-0.3, -0.25) is 9.89 Å². The second-order valence-corrected chi connectivity index (χ2v) is 5.42. The van der Waals surface area contributed by atoms with Crippen LogP contribution in [0, 0.1) is 0 Å². The third-order valence-corrected chi connectivity index (χ3v) is 3.28. The van der Waals surface area contributed by atoms with Crippen molar-refractivity contribution in [1.82, 2.24) is 20.4 Å². The zero-order valence-corrected chi connectivity index (χ0v) is 12.0. The van der Waals surface area contributed by atoms with Crippen molar-refractivity contribution in [3.05, 3.63) is 17.5 Å². The summed E-state index contributed by atoms with van der Waals surface area (Å²) in [6.45, 7) is 6.86. The molecule has 0 saturated carbocycles.